The molecule has 0 bridgehead atoms. The third-order valence-corrected chi connectivity index (χ3v) is 0.671. The fourth-order valence-corrected chi connectivity index (χ4v) is 0.224. The van der Waals surface area contributed by atoms with Crippen LogP contribution >= 0.6 is 0 Å². The molecule has 0 aliphatic rings. The van der Waals surface area contributed by atoms with Gasteiger partial charge in [-0.3, -0.25) is 0 Å². The molecule has 1 radical (unpaired) electrons. The van der Waals surface area contributed by atoms with Gasteiger partial charge in [-0.25, -0.2) is 0 Å². The maximum absolute atomic E-state index is 7.88. The molecule has 0 aliphatic carbocycles. The number of aliphatic hydroxyl groups is 1. The first-order chi connectivity index (χ1) is 4.33. The molecule has 0 rings (SSSR count). The number of hydrogen-bond acceptors (Lipinski definition) is 1. The third-order valence-electron chi connectivity index (χ3n) is 0.671. The molecule has 0 atom stereocenters. The van der Waals surface area contributed by atoms with Crippen LogP contribution in [-0.4, -0.2) is 24.8 Å². The topological polar surface area (TPSA) is 34.3 Å². The Hall–Kier alpha value is 1.21. The monoisotopic (exact) mass is 250 g/mol. The Morgan fingerprint density at radius 3 is 1.25 bits per heavy atom. The van der Waals surface area contributed by atoms with Gasteiger partial charge in [0, 0.05) is 6.61 Å². The number of nitrogens with zero attached hydrogens (tertiary/aromatic N) is 1. The van der Waals surface area contributed by atoms with E-state index in [1.165, 1.54) is 0 Å². The number of hydrogen-bond donors (Lipinski definition) is 1. The minimum atomic E-state index is 0. The molecule has 0 aliphatic heterocycles. The van der Waals surface area contributed by atoms with E-state index < -0.39 is 0 Å². The van der Waals surface area contributed by atoms with Gasteiger partial charge in [-0.1, -0.05) is 20.8 Å². The van der Waals surface area contributed by atoms with Gasteiger partial charge in [0.25, 0.3) is 0 Å². The van der Waals surface area contributed by atoms with Gasteiger partial charge in [0.05, 0.1) is 0 Å². The summed E-state index contributed by atoms with van der Waals surface area (Å²) in [4.78, 5) is 0. The minimum absolute atomic E-state index is 0. The van der Waals surface area contributed by atoms with E-state index in [0.29, 0.717) is 6.61 Å². The fourth-order valence-electron chi connectivity index (χ4n) is 0.224. The first-order valence-electron chi connectivity index (χ1n) is 3.57. The fraction of sp³-hybridized carbons (Fsp3) is 1.00. The van der Waals surface area contributed by atoms with Crippen LogP contribution in [0.25, 0.3) is 5.32 Å². The molecule has 0 saturated heterocycles. The molecule has 5 heteroatoms. The predicted molar refractivity (Wildman–Crippen MR) is 41.8 cm³/mol. The smallest absolute Gasteiger partial charge is 1.00 e. The average Bonchev–Trinajstić information content (AvgIpc) is 1.91. The van der Waals surface area contributed by atoms with Crippen molar-refractivity contribution in [1.82, 2.24) is 0 Å². The Labute approximate surface area is 104 Å². The maximum Gasteiger partial charge on any atom is 3.00 e. The molecular formula is C7H18Cl2NOTi. The van der Waals surface area contributed by atoms with E-state index in [9.17, 15) is 0 Å². The molecule has 0 aromatic heterocycles. The Morgan fingerprint density at radius 2 is 1.25 bits per heavy atom. The summed E-state index contributed by atoms with van der Waals surface area (Å²) in [7, 11) is 0. The van der Waals surface area contributed by atoms with Crippen molar-refractivity contribution in [3.63, 3.8) is 0 Å². The van der Waals surface area contributed by atoms with Crippen molar-refractivity contribution in [3.05, 3.63) is 5.32 Å². The molecule has 0 fully saturated rings. The van der Waals surface area contributed by atoms with Gasteiger partial charge in [0.2, 0.25) is 0 Å². The van der Waals surface area contributed by atoms with E-state index in [4.69, 9.17) is 5.11 Å². The Morgan fingerprint density at radius 1 is 1.00 bits per heavy atom. The number of rotatable bonds is 3. The molecule has 0 unspecified atom stereocenters. The summed E-state index contributed by atoms with van der Waals surface area (Å²) >= 11 is 0. The van der Waals surface area contributed by atoms with E-state index in [2.05, 4.69) is 5.32 Å². The van der Waals surface area contributed by atoms with Crippen LogP contribution in [0.15, 0.2) is 0 Å². The maximum atomic E-state index is 7.88. The van der Waals surface area contributed by atoms with E-state index >= 15 is 0 Å². The second-order valence-corrected chi connectivity index (χ2v) is 1.58. The Balaban J connectivity index is -0.0000000221. The van der Waals surface area contributed by atoms with Crippen molar-refractivity contribution in [2.45, 2.75) is 27.2 Å². The normalized spacial score (nSPS) is 6.00. The summed E-state index contributed by atoms with van der Waals surface area (Å²) < 4.78 is 0. The first kappa shape index (κ1) is 29.2. The van der Waals surface area contributed by atoms with Gasteiger partial charge in [-0.2, -0.15) is 13.1 Å². The van der Waals surface area contributed by atoms with Crippen molar-refractivity contribution >= 4 is 0 Å². The zero-order chi connectivity index (χ0) is 7.54. The molecule has 0 aromatic rings. The van der Waals surface area contributed by atoms with Gasteiger partial charge in [-0.05, 0) is 6.42 Å². The molecule has 75 valence electrons. The number of halogens is 2. The minimum Gasteiger partial charge on any atom is -1.00 e. The molecule has 0 amide bonds. The van der Waals surface area contributed by atoms with Crippen molar-refractivity contribution in [3.8, 4) is 0 Å². The van der Waals surface area contributed by atoms with Gasteiger partial charge in [0.1, 0.15) is 0 Å². The van der Waals surface area contributed by atoms with Crippen molar-refractivity contribution in [2.24, 2.45) is 0 Å². The zero-order valence-corrected chi connectivity index (χ0v) is 11.1. The summed E-state index contributed by atoms with van der Waals surface area (Å²) in [6.07, 6.45) is 0.875. The summed E-state index contributed by atoms with van der Waals surface area (Å²) in [6.45, 7) is 8.28. The summed E-state index contributed by atoms with van der Waals surface area (Å²) in [5, 5.41) is 11.8. The molecule has 0 aromatic carbocycles. The van der Waals surface area contributed by atoms with Crippen molar-refractivity contribution in [2.75, 3.05) is 19.7 Å². The number of aliphatic hydroxyl groups excluding tert-OH is 1. The SMILES string of the molecule is CCCO.CC[N-]CC.[Cl-].[Cl-].[Ti+3]. The van der Waals surface area contributed by atoms with E-state index in [-0.39, 0.29) is 46.5 Å². The van der Waals surface area contributed by atoms with E-state index in [0.717, 1.165) is 19.5 Å². The molecule has 12 heavy (non-hydrogen) atoms. The van der Waals surface area contributed by atoms with Crippen LogP contribution in [0.2, 0.25) is 0 Å². The summed E-state index contributed by atoms with van der Waals surface area (Å²) in [5.41, 5.74) is 0. The summed E-state index contributed by atoms with van der Waals surface area (Å²) in [5.74, 6) is 0. The third kappa shape index (κ3) is 65.9. The second kappa shape index (κ2) is 39.8. The second-order valence-electron chi connectivity index (χ2n) is 1.58. The average molecular weight is 251 g/mol. The van der Waals surface area contributed by atoms with Crippen LogP contribution in [0.3, 0.4) is 0 Å². The van der Waals surface area contributed by atoms with Crippen LogP contribution in [0, 0.1) is 0 Å². The van der Waals surface area contributed by atoms with Gasteiger partial charge in [-0.15, -0.1) is 0 Å². The largest absolute Gasteiger partial charge is 3.00 e. The van der Waals surface area contributed by atoms with E-state index in [1.807, 2.05) is 20.8 Å². The molecule has 0 saturated carbocycles. The van der Waals surface area contributed by atoms with Crippen molar-refractivity contribution in [1.29, 1.82) is 0 Å². The van der Waals surface area contributed by atoms with Crippen LogP contribution < -0.4 is 24.8 Å². The predicted octanol–water partition coefficient (Wildman–Crippen LogP) is -4.21. The summed E-state index contributed by atoms with van der Waals surface area (Å²) in [6, 6.07) is 0. The molecule has 2 nitrogen and oxygen atoms in total. The van der Waals surface area contributed by atoms with Crippen LogP contribution in [0.4, 0.5) is 0 Å². The quantitative estimate of drug-likeness (QED) is 0.507. The van der Waals surface area contributed by atoms with Gasteiger partial charge < -0.3 is 35.2 Å². The standard InChI is InChI=1S/C4H10N.C3H8O.2ClH.Ti/c1-3-5-4-2;1-2-3-4;;;/h3-4H2,1-2H3;4H,2-3H2,1H3;2*1H;/q-1;;;;+3/p-2. The molecule has 1 N–H and O–H groups in total. The zero-order valence-electron chi connectivity index (χ0n) is 7.98. The van der Waals surface area contributed by atoms with Crippen LogP contribution in [0.1, 0.15) is 27.2 Å². The van der Waals surface area contributed by atoms with E-state index in [1.54, 1.807) is 0 Å². The van der Waals surface area contributed by atoms with Crippen LogP contribution in [0.5, 0.6) is 0 Å². The van der Waals surface area contributed by atoms with Gasteiger partial charge >= 0.3 is 21.7 Å². The molecular weight excluding hydrogens is 233 g/mol. The molecule has 0 spiro atoms. The van der Waals surface area contributed by atoms with Gasteiger partial charge in [0.15, 0.2) is 0 Å². The Kier molecular flexibility index (Phi) is 96.8. The Bertz CT molecular complexity index is 40.6. The van der Waals surface area contributed by atoms with Crippen molar-refractivity contribution < 1.29 is 51.6 Å². The van der Waals surface area contributed by atoms with Crippen LogP contribution in [-0.2, 0) is 21.7 Å². The first-order valence-corrected chi connectivity index (χ1v) is 3.57. The molecule has 0 heterocycles.